The van der Waals surface area contributed by atoms with Crippen molar-refractivity contribution < 1.29 is 17.2 Å². The molecule has 0 unspecified atom stereocenters. The Morgan fingerprint density at radius 1 is 1.53 bits per heavy atom. The van der Waals surface area contributed by atoms with Gasteiger partial charge in [0.05, 0.1) is 19.8 Å². The Balaban J connectivity index is 2.89. The quantitative estimate of drug-likeness (QED) is 0.548. The van der Waals surface area contributed by atoms with Gasteiger partial charge in [0.2, 0.25) is 0 Å². The van der Waals surface area contributed by atoms with E-state index in [2.05, 4.69) is 6.92 Å². The Kier molecular flexibility index (Phi) is 3.73. The molecule has 0 saturated carbocycles. The van der Waals surface area contributed by atoms with Crippen LogP contribution in [-0.4, -0.2) is 19.2 Å². The molecule has 0 saturated heterocycles. The molecule has 0 fully saturated rings. The smallest absolute Gasteiger partial charge is 0.308 e. The number of hydrogen-bond acceptors (Lipinski definition) is 3. The number of hydrogen-bond donors (Lipinski definition) is 0. The van der Waals surface area contributed by atoms with Gasteiger partial charge >= 0.3 is 16.1 Å². The number of imidazole rings is 1. The van der Waals surface area contributed by atoms with E-state index in [1.54, 1.807) is 22.4 Å². The Morgan fingerprint density at radius 2 is 2.20 bits per heavy atom. The molecule has 0 N–H and O–H groups in total. The zero-order valence-corrected chi connectivity index (χ0v) is 10.1. The summed E-state index contributed by atoms with van der Waals surface area (Å²) in [5.41, 5.74) is 0. The molecule has 86 valence electrons. The minimum atomic E-state index is -3.46. The average molecular weight is 233 g/mol. The Hall–Kier alpha value is -1.04. The van der Waals surface area contributed by atoms with Crippen LogP contribution in [0.4, 0.5) is 0 Å². The standard InChI is InChI=1S/C9H17N2O3S/c1-4-5-6-11-8-7-10(2)9(11)14-15(3,12)13/h7-8H,4-6H2,1-3H3/q+1. The average Bonchev–Trinajstić information content (AvgIpc) is 2.43. The third-order valence-electron chi connectivity index (χ3n) is 2.00. The summed E-state index contributed by atoms with van der Waals surface area (Å²) in [6, 6.07) is 0.353. The highest BCUT2D eigenvalue weighted by Gasteiger charge is 2.20. The van der Waals surface area contributed by atoms with Crippen molar-refractivity contribution in [1.29, 1.82) is 0 Å². The van der Waals surface area contributed by atoms with Crippen LogP contribution in [0.3, 0.4) is 0 Å². The zero-order valence-electron chi connectivity index (χ0n) is 9.30. The van der Waals surface area contributed by atoms with E-state index < -0.39 is 10.1 Å². The van der Waals surface area contributed by atoms with Gasteiger partial charge in [0.25, 0.3) is 0 Å². The lowest BCUT2D eigenvalue weighted by atomic mass is 10.3. The fraction of sp³-hybridized carbons (Fsp3) is 0.667. The predicted molar refractivity (Wildman–Crippen MR) is 56.0 cm³/mol. The van der Waals surface area contributed by atoms with E-state index in [0.29, 0.717) is 6.01 Å². The summed E-state index contributed by atoms with van der Waals surface area (Å²) in [6.07, 6.45) is 6.69. The van der Waals surface area contributed by atoms with Gasteiger partial charge in [0, 0.05) is 0 Å². The first kappa shape index (κ1) is 12.0. The third kappa shape index (κ3) is 3.54. The van der Waals surface area contributed by atoms with Crippen LogP contribution in [0.5, 0.6) is 6.01 Å². The molecule has 0 aliphatic heterocycles. The minimum Gasteiger partial charge on any atom is -0.308 e. The lowest BCUT2D eigenvalue weighted by Gasteiger charge is -2.01. The second-order valence-corrected chi connectivity index (χ2v) is 5.10. The van der Waals surface area contributed by atoms with Crippen LogP contribution in [0.1, 0.15) is 19.8 Å². The molecule has 0 aromatic carbocycles. The zero-order chi connectivity index (χ0) is 11.5. The molecule has 1 heterocycles. The highest BCUT2D eigenvalue weighted by Crippen LogP contribution is 2.08. The molecule has 1 rings (SSSR count). The van der Waals surface area contributed by atoms with E-state index >= 15 is 0 Å². The second-order valence-electron chi connectivity index (χ2n) is 3.53. The van der Waals surface area contributed by atoms with Crippen molar-refractivity contribution in [3.05, 3.63) is 12.4 Å². The number of aromatic nitrogens is 2. The molecular formula is C9H17N2O3S+. The molecule has 1 aromatic rings. The molecule has 0 spiro atoms. The third-order valence-corrected chi connectivity index (χ3v) is 2.45. The minimum absolute atomic E-state index is 0.353. The first-order valence-corrected chi connectivity index (χ1v) is 6.70. The van der Waals surface area contributed by atoms with Crippen LogP contribution >= 0.6 is 0 Å². The molecule has 0 amide bonds. The van der Waals surface area contributed by atoms with Gasteiger partial charge in [-0.25, -0.2) is 0 Å². The van der Waals surface area contributed by atoms with Crippen molar-refractivity contribution in [3.63, 3.8) is 0 Å². The van der Waals surface area contributed by atoms with E-state index in [4.69, 9.17) is 4.18 Å². The summed E-state index contributed by atoms with van der Waals surface area (Å²) in [5.74, 6) is 0. The van der Waals surface area contributed by atoms with Gasteiger partial charge in [-0.05, 0) is 6.42 Å². The molecule has 0 aliphatic carbocycles. The fourth-order valence-corrected chi connectivity index (χ4v) is 1.74. The van der Waals surface area contributed by atoms with Crippen molar-refractivity contribution in [2.24, 2.45) is 7.05 Å². The highest BCUT2D eigenvalue weighted by molar-refractivity contribution is 7.86. The fourth-order valence-electron chi connectivity index (χ4n) is 1.25. The van der Waals surface area contributed by atoms with E-state index in [1.165, 1.54) is 0 Å². The van der Waals surface area contributed by atoms with Gasteiger partial charge in [0.1, 0.15) is 12.4 Å². The summed E-state index contributed by atoms with van der Waals surface area (Å²) < 4.78 is 30.4. The molecule has 0 aliphatic rings. The van der Waals surface area contributed by atoms with E-state index in [9.17, 15) is 8.42 Å². The number of unbranched alkanes of at least 4 members (excludes halogenated alkanes) is 1. The number of nitrogens with zero attached hydrogens (tertiary/aromatic N) is 2. The Bertz CT molecular complexity index is 423. The van der Waals surface area contributed by atoms with Gasteiger partial charge in [-0.1, -0.05) is 13.3 Å². The molecular weight excluding hydrogens is 216 g/mol. The van der Waals surface area contributed by atoms with Crippen LogP contribution in [-0.2, 0) is 23.7 Å². The molecule has 0 radical (unpaired) electrons. The Labute approximate surface area is 90.4 Å². The summed E-state index contributed by atoms with van der Waals surface area (Å²) in [4.78, 5) is 0. The molecule has 15 heavy (non-hydrogen) atoms. The van der Waals surface area contributed by atoms with Crippen molar-refractivity contribution in [3.8, 4) is 6.01 Å². The lowest BCUT2D eigenvalue weighted by Crippen LogP contribution is -2.30. The van der Waals surface area contributed by atoms with Crippen LogP contribution in [0, 0.1) is 0 Å². The highest BCUT2D eigenvalue weighted by atomic mass is 32.2. The Morgan fingerprint density at radius 3 is 2.73 bits per heavy atom. The maximum absolute atomic E-state index is 11.0. The van der Waals surface area contributed by atoms with Crippen molar-refractivity contribution in [1.82, 2.24) is 4.57 Å². The summed E-state index contributed by atoms with van der Waals surface area (Å²) in [6.45, 7) is 2.85. The first-order valence-electron chi connectivity index (χ1n) is 4.88. The van der Waals surface area contributed by atoms with Gasteiger partial charge < -0.3 is 4.18 Å². The topological polar surface area (TPSA) is 52.2 Å². The normalized spacial score (nSPS) is 11.7. The molecule has 0 atom stereocenters. The first-order chi connectivity index (χ1) is 6.94. The largest absolute Gasteiger partial charge is 0.471 e. The van der Waals surface area contributed by atoms with Gasteiger partial charge in [-0.15, -0.1) is 0 Å². The molecule has 6 heteroatoms. The molecule has 1 aromatic heterocycles. The van der Waals surface area contributed by atoms with Crippen molar-refractivity contribution >= 4 is 10.1 Å². The van der Waals surface area contributed by atoms with Crippen LogP contribution < -0.4 is 8.75 Å². The number of rotatable bonds is 5. The number of aryl methyl sites for hydroxylation is 2. The van der Waals surface area contributed by atoms with E-state index in [-0.39, 0.29) is 0 Å². The summed E-state index contributed by atoms with van der Waals surface area (Å²) in [7, 11) is -1.71. The molecule has 5 nitrogen and oxygen atoms in total. The van der Waals surface area contributed by atoms with E-state index in [0.717, 1.165) is 25.6 Å². The van der Waals surface area contributed by atoms with Crippen LogP contribution in [0.2, 0.25) is 0 Å². The van der Waals surface area contributed by atoms with Crippen molar-refractivity contribution in [2.75, 3.05) is 6.26 Å². The maximum atomic E-state index is 11.0. The predicted octanol–water partition coefficient (Wildman–Crippen LogP) is 0.451. The van der Waals surface area contributed by atoms with E-state index in [1.807, 2.05) is 6.20 Å². The van der Waals surface area contributed by atoms with Crippen molar-refractivity contribution in [2.45, 2.75) is 26.3 Å². The molecule has 0 bridgehead atoms. The second kappa shape index (κ2) is 4.65. The van der Waals surface area contributed by atoms with Crippen LogP contribution in [0.25, 0.3) is 0 Å². The summed E-state index contributed by atoms with van der Waals surface area (Å²) >= 11 is 0. The SMILES string of the molecule is CCCCn1cc[n+](C)c1OS(C)(=O)=O. The summed E-state index contributed by atoms with van der Waals surface area (Å²) in [5, 5.41) is 0. The maximum Gasteiger partial charge on any atom is 0.471 e. The van der Waals surface area contributed by atoms with Gasteiger partial charge in [0.15, 0.2) is 0 Å². The van der Waals surface area contributed by atoms with Gasteiger partial charge in [-0.2, -0.15) is 17.6 Å². The monoisotopic (exact) mass is 233 g/mol. The lowest BCUT2D eigenvalue weighted by molar-refractivity contribution is -0.674. The van der Waals surface area contributed by atoms with Crippen LogP contribution in [0.15, 0.2) is 12.4 Å². The van der Waals surface area contributed by atoms with Gasteiger partial charge in [-0.3, -0.25) is 0 Å².